The smallest absolute Gasteiger partial charge is 0.0921 e. The molecule has 5 heteroatoms. The lowest BCUT2D eigenvalue weighted by atomic mass is 10.1. The highest BCUT2D eigenvalue weighted by Crippen LogP contribution is 2.22. The van der Waals surface area contributed by atoms with E-state index in [0.717, 1.165) is 24.2 Å². The molecule has 1 unspecified atom stereocenters. The Labute approximate surface area is 115 Å². The number of pyridine rings is 1. The maximum absolute atomic E-state index is 4.47. The lowest BCUT2D eigenvalue weighted by Gasteiger charge is -2.13. The quantitative estimate of drug-likeness (QED) is 0.751. The van der Waals surface area contributed by atoms with Gasteiger partial charge >= 0.3 is 0 Å². The second kappa shape index (κ2) is 5.50. The van der Waals surface area contributed by atoms with Gasteiger partial charge in [0.15, 0.2) is 0 Å². The van der Waals surface area contributed by atoms with Crippen molar-refractivity contribution in [2.45, 2.75) is 19.4 Å². The van der Waals surface area contributed by atoms with Crippen molar-refractivity contribution in [2.75, 3.05) is 6.54 Å². The molecule has 0 aromatic carbocycles. The first-order valence-electron chi connectivity index (χ1n) is 6.37. The standard InChI is InChI=1S/C14H16N4S/c1-10(16-4-2-12-8-15-9-18-12)11-6-14-13(17-7-11)3-5-19-14/h3,5-10,16H,2,4H2,1H3,(H,15,18). The Hall–Kier alpha value is -1.72. The average molecular weight is 272 g/mol. The van der Waals surface area contributed by atoms with Crippen molar-refractivity contribution >= 4 is 21.6 Å². The zero-order valence-corrected chi connectivity index (χ0v) is 11.6. The topological polar surface area (TPSA) is 53.6 Å². The van der Waals surface area contributed by atoms with Gasteiger partial charge in [-0.1, -0.05) is 0 Å². The lowest BCUT2D eigenvalue weighted by Crippen LogP contribution is -2.21. The Kier molecular flexibility index (Phi) is 3.57. The van der Waals surface area contributed by atoms with Crippen LogP contribution >= 0.6 is 11.3 Å². The summed E-state index contributed by atoms with van der Waals surface area (Å²) in [6.07, 6.45) is 6.50. The molecule has 3 aromatic rings. The van der Waals surface area contributed by atoms with Crippen molar-refractivity contribution in [2.24, 2.45) is 0 Å². The Bertz CT molecular complexity index is 644. The van der Waals surface area contributed by atoms with Crippen LogP contribution in [0.25, 0.3) is 10.2 Å². The van der Waals surface area contributed by atoms with Crippen molar-refractivity contribution in [3.63, 3.8) is 0 Å². The molecule has 0 bridgehead atoms. The summed E-state index contributed by atoms with van der Waals surface area (Å²) >= 11 is 1.74. The highest BCUT2D eigenvalue weighted by atomic mass is 32.1. The van der Waals surface area contributed by atoms with E-state index in [4.69, 9.17) is 0 Å². The molecule has 1 atom stereocenters. The van der Waals surface area contributed by atoms with Gasteiger partial charge in [-0.15, -0.1) is 11.3 Å². The van der Waals surface area contributed by atoms with Gasteiger partial charge in [-0.3, -0.25) is 4.98 Å². The minimum Gasteiger partial charge on any atom is -0.348 e. The Morgan fingerprint density at radius 1 is 1.42 bits per heavy atom. The summed E-state index contributed by atoms with van der Waals surface area (Å²) < 4.78 is 1.25. The predicted molar refractivity (Wildman–Crippen MR) is 78.3 cm³/mol. The molecule has 4 nitrogen and oxygen atoms in total. The second-order valence-corrected chi connectivity index (χ2v) is 5.52. The minimum atomic E-state index is 0.307. The van der Waals surface area contributed by atoms with E-state index in [1.807, 2.05) is 12.4 Å². The number of rotatable bonds is 5. The molecule has 0 fully saturated rings. The summed E-state index contributed by atoms with van der Waals surface area (Å²) in [5, 5.41) is 5.59. The number of nitrogens with zero attached hydrogens (tertiary/aromatic N) is 2. The maximum atomic E-state index is 4.47. The molecule has 19 heavy (non-hydrogen) atoms. The molecular formula is C14H16N4S. The van der Waals surface area contributed by atoms with Crippen molar-refractivity contribution in [1.29, 1.82) is 0 Å². The molecule has 0 aliphatic heterocycles. The molecule has 0 aliphatic carbocycles. The van der Waals surface area contributed by atoms with Gasteiger partial charge in [0.25, 0.3) is 0 Å². The zero-order chi connectivity index (χ0) is 13.1. The van der Waals surface area contributed by atoms with Crippen LogP contribution in [0.5, 0.6) is 0 Å². The molecule has 2 N–H and O–H groups in total. The summed E-state index contributed by atoms with van der Waals surface area (Å²) in [4.78, 5) is 11.6. The van der Waals surface area contributed by atoms with E-state index < -0.39 is 0 Å². The minimum absolute atomic E-state index is 0.307. The Morgan fingerprint density at radius 2 is 2.37 bits per heavy atom. The summed E-state index contributed by atoms with van der Waals surface area (Å²) in [5.41, 5.74) is 3.48. The number of H-pyrrole nitrogens is 1. The van der Waals surface area contributed by atoms with E-state index in [1.165, 1.54) is 10.3 Å². The molecule has 0 aliphatic rings. The molecule has 0 saturated carbocycles. The third-order valence-electron chi connectivity index (χ3n) is 3.22. The first-order chi connectivity index (χ1) is 9.33. The normalized spacial score (nSPS) is 12.9. The largest absolute Gasteiger partial charge is 0.348 e. The van der Waals surface area contributed by atoms with Crippen LogP contribution in [-0.2, 0) is 6.42 Å². The van der Waals surface area contributed by atoms with E-state index in [0.29, 0.717) is 6.04 Å². The molecule has 0 amide bonds. The van der Waals surface area contributed by atoms with Crippen LogP contribution in [-0.4, -0.2) is 21.5 Å². The van der Waals surface area contributed by atoms with Gasteiger partial charge in [-0.25, -0.2) is 4.98 Å². The second-order valence-electron chi connectivity index (χ2n) is 4.58. The average Bonchev–Trinajstić information content (AvgIpc) is 3.08. The van der Waals surface area contributed by atoms with Gasteiger partial charge in [-0.05, 0) is 30.0 Å². The number of hydrogen-bond acceptors (Lipinski definition) is 4. The van der Waals surface area contributed by atoms with Crippen molar-refractivity contribution < 1.29 is 0 Å². The van der Waals surface area contributed by atoms with Gasteiger partial charge in [-0.2, -0.15) is 0 Å². The van der Waals surface area contributed by atoms with Crippen LogP contribution in [0, 0.1) is 0 Å². The molecule has 0 spiro atoms. The number of nitrogens with one attached hydrogen (secondary N) is 2. The first-order valence-corrected chi connectivity index (χ1v) is 7.24. The molecule has 0 radical (unpaired) electrons. The number of thiophene rings is 1. The molecular weight excluding hydrogens is 256 g/mol. The van der Waals surface area contributed by atoms with Gasteiger partial charge in [0.05, 0.1) is 16.5 Å². The fourth-order valence-corrected chi connectivity index (χ4v) is 2.85. The third kappa shape index (κ3) is 2.83. The maximum Gasteiger partial charge on any atom is 0.0921 e. The van der Waals surface area contributed by atoms with Crippen LogP contribution in [0.2, 0.25) is 0 Å². The predicted octanol–water partition coefficient (Wildman–Crippen LogP) is 2.91. The highest BCUT2D eigenvalue weighted by Gasteiger charge is 2.07. The van der Waals surface area contributed by atoms with Crippen LogP contribution < -0.4 is 5.32 Å². The van der Waals surface area contributed by atoms with Crippen LogP contribution in [0.4, 0.5) is 0 Å². The van der Waals surface area contributed by atoms with Crippen LogP contribution in [0.3, 0.4) is 0 Å². The summed E-state index contributed by atoms with van der Waals surface area (Å²) in [5.74, 6) is 0. The van der Waals surface area contributed by atoms with E-state index in [9.17, 15) is 0 Å². The molecule has 0 saturated heterocycles. The van der Waals surface area contributed by atoms with Crippen LogP contribution in [0.1, 0.15) is 24.2 Å². The number of aromatic amines is 1. The summed E-state index contributed by atoms with van der Waals surface area (Å²) in [6.45, 7) is 3.09. The SMILES string of the molecule is CC(NCCc1cnc[nH]1)c1cnc2ccsc2c1. The van der Waals surface area contributed by atoms with E-state index in [2.05, 4.69) is 44.7 Å². The summed E-state index contributed by atoms with van der Waals surface area (Å²) in [6, 6.07) is 4.59. The monoisotopic (exact) mass is 272 g/mol. The lowest BCUT2D eigenvalue weighted by molar-refractivity contribution is 0.573. The molecule has 98 valence electrons. The molecule has 3 heterocycles. The summed E-state index contributed by atoms with van der Waals surface area (Å²) in [7, 11) is 0. The van der Waals surface area contributed by atoms with Gasteiger partial charge in [0.1, 0.15) is 0 Å². The molecule has 3 rings (SSSR count). The van der Waals surface area contributed by atoms with Crippen molar-refractivity contribution in [3.05, 3.63) is 47.5 Å². The zero-order valence-electron chi connectivity index (χ0n) is 10.8. The number of fused-ring (bicyclic) bond motifs is 1. The first kappa shape index (κ1) is 12.3. The van der Waals surface area contributed by atoms with Gasteiger partial charge in [0, 0.05) is 37.1 Å². The van der Waals surface area contributed by atoms with Crippen molar-refractivity contribution in [3.8, 4) is 0 Å². The van der Waals surface area contributed by atoms with E-state index in [-0.39, 0.29) is 0 Å². The van der Waals surface area contributed by atoms with Crippen molar-refractivity contribution in [1.82, 2.24) is 20.3 Å². The van der Waals surface area contributed by atoms with Gasteiger partial charge in [0.2, 0.25) is 0 Å². The van der Waals surface area contributed by atoms with Gasteiger partial charge < -0.3 is 10.3 Å². The molecule has 3 aromatic heterocycles. The number of aromatic nitrogens is 3. The Morgan fingerprint density at radius 3 is 3.21 bits per heavy atom. The van der Waals surface area contributed by atoms with E-state index in [1.54, 1.807) is 17.7 Å². The number of hydrogen-bond donors (Lipinski definition) is 2. The third-order valence-corrected chi connectivity index (χ3v) is 4.08. The van der Waals surface area contributed by atoms with E-state index >= 15 is 0 Å². The van der Waals surface area contributed by atoms with Crippen LogP contribution in [0.15, 0.2) is 36.2 Å². The number of imidazole rings is 1. The highest BCUT2D eigenvalue weighted by molar-refractivity contribution is 7.17. The fraction of sp³-hybridized carbons (Fsp3) is 0.286. The fourth-order valence-electron chi connectivity index (χ4n) is 2.06. The Balaban J connectivity index is 1.61.